The maximum atomic E-state index is 12.9. The monoisotopic (exact) mass is 396 g/mol. The molecule has 2 aromatic rings. The van der Waals surface area contributed by atoms with Gasteiger partial charge in [0, 0.05) is 38.2 Å². The second-order valence-corrected chi connectivity index (χ2v) is 6.81. The van der Waals surface area contributed by atoms with E-state index in [1.54, 1.807) is 56.9 Å². The summed E-state index contributed by atoms with van der Waals surface area (Å²) in [5.41, 5.74) is 1.98. The SMILES string of the molecule is COCCCN1C(=O)C(=O)C(=C(O)c2ccc(OC)c(C)c2)[C@@H]1c1cccnc1. The zero-order valence-corrected chi connectivity index (χ0v) is 16.7. The molecule has 1 amide bonds. The van der Waals surface area contributed by atoms with E-state index in [1.165, 1.54) is 4.90 Å². The zero-order chi connectivity index (χ0) is 21.0. The molecule has 29 heavy (non-hydrogen) atoms. The van der Waals surface area contributed by atoms with Crippen molar-refractivity contribution in [2.75, 3.05) is 27.4 Å². The molecule has 1 aromatic carbocycles. The molecule has 2 heterocycles. The molecule has 1 aromatic heterocycles. The van der Waals surface area contributed by atoms with Gasteiger partial charge >= 0.3 is 0 Å². The Morgan fingerprint density at radius 1 is 1.24 bits per heavy atom. The lowest BCUT2D eigenvalue weighted by Crippen LogP contribution is -2.31. The van der Waals surface area contributed by atoms with E-state index in [0.29, 0.717) is 36.4 Å². The van der Waals surface area contributed by atoms with Crippen molar-refractivity contribution in [3.63, 3.8) is 0 Å². The normalized spacial score (nSPS) is 18.3. The molecule has 0 unspecified atom stereocenters. The fraction of sp³-hybridized carbons (Fsp3) is 0.318. The molecule has 1 saturated heterocycles. The number of aryl methyl sites for hydroxylation is 1. The Morgan fingerprint density at radius 2 is 2.03 bits per heavy atom. The first-order valence-electron chi connectivity index (χ1n) is 9.31. The summed E-state index contributed by atoms with van der Waals surface area (Å²) in [6.45, 7) is 2.63. The maximum Gasteiger partial charge on any atom is 0.295 e. The molecule has 0 aliphatic carbocycles. The molecule has 1 aliphatic heterocycles. The van der Waals surface area contributed by atoms with Crippen molar-refractivity contribution in [2.45, 2.75) is 19.4 Å². The van der Waals surface area contributed by atoms with Crippen LogP contribution in [0.4, 0.5) is 0 Å². The van der Waals surface area contributed by atoms with Gasteiger partial charge in [0.2, 0.25) is 0 Å². The number of rotatable bonds is 7. The van der Waals surface area contributed by atoms with Gasteiger partial charge in [0.05, 0.1) is 18.7 Å². The lowest BCUT2D eigenvalue weighted by Gasteiger charge is -2.25. The number of ketones is 1. The molecule has 152 valence electrons. The lowest BCUT2D eigenvalue weighted by molar-refractivity contribution is -0.140. The molecule has 0 saturated carbocycles. The molecule has 7 heteroatoms. The summed E-state index contributed by atoms with van der Waals surface area (Å²) in [7, 11) is 3.15. The smallest absolute Gasteiger partial charge is 0.295 e. The first-order chi connectivity index (χ1) is 14.0. The third-order valence-corrected chi connectivity index (χ3v) is 4.96. The second kappa shape index (κ2) is 8.87. The van der Waals surface area contributed by atoms with Crippen LogP contribution >= 0.6 is 0 Å². The number of nitrogens with zero attached hydrogens (tertiary/aromatic N) is 2. The van der Waals surface area contributed by atoms with E-state index in [0.717, 1.165) is 5.56 Å². The number of aliphatic hydroxyl groups is 1. The van der Waals surface area contributed by atoms with Crippen molar-refractivity contribution in [3.8, 4) is 5.75 Å². The zero-order valence-electron chi connectivity index (χ0n) is 16.7. The molecule has 0 bridgehead atoms. The van der Waals surface area contributed by atoms with Gasteiger partial charge in [-0.15, -0.1) is 0 Å². The minimum atomic E-state index is -0.706. The van der Waals surface area contributed by atoms with E-state index in [-0.39, 0.29) is 11.3 Å². The van der Waals surface area contributed by atoms with Gasteiger partial charge in [-0.2, -0.15) is 0 Å². The van der Waals surface area contributed by atoms with Gasteiger partial charge in [0.15, 0.2) is 0 Å². The third kappa shape index (κ3) is 4.00. The number of likely N-dealkylation sites (tertiary alicyclic amines) is 1. The minimum Gasteiger partial charge on any atom is -0.507 e. The Kier molecular flexibility index (Phi) is 6.29. The highest BCUT2D eigenvalue weighted by atomic mass is 16.5. The van der Waals surface area contributed by atoms with Crippen molar-refractivity contribution < 1.29 is 24.2 Å². The molecule has 0 radical (unpaired) electrons. The number of benzene rings is 1. The molecule has 1 atom stereocenters. The Labute approximate surface area is 169 Å². The van der Waals surface area contributed by atoms with Gasteiger partial charge < -0.3 is 19.5 Å². The van der Waals surface area contributed by atoms with Crippen LogP contribution in [0.1, 0.15) is 29.2 Å². The fourth-order valence-electron chi connectivity index (χ4n) is 3.56. The number of aromatic nitrogens is 1. The summed E-state index contributed by atoms with van der Waals surface area (Å²) in [6, 6.07) is 7.94. The highest BCUT2D eigenvalue weighted by molar-refractivity contribution is 6.46. The summed E-state index contributed by atoms with van der Waals surface area (Å²) in [6.07, 6.45) is 3.79. The van der Waals surface area contributed by atoms with E-state index in [4.69, 9.17) is 9.47 Å². The molecule has 1 fully saturated rings. The van der Waals surface area contributed by atoms with E-state index in [9.17, 15) is 14.7 Å². The molecule has 1 N–H and O–H groups in total. The van der Waals surface area contributed by atoms with E-state index in [1.807, 2.05) is 6.92 Å². The topological polar surface area (TPSA) is 89.0 Å². The van der Waals surface area contributed by atoms with Gasteiger partial charge in [-0.25, -0.2) is 0 Å². The molecule has 1 aliphatic rings. The second-order valence-electron chi connectivity index (χ2n) is 6.81. The minimum absolute atomic E-state index is 0.0602. The molecule has 0 spiro atoms. The van der Waals surface area contributed by atoms with Gasteiger partial charge in [-0.1, -0.05) is 6.07 Å². The quantitative estimate of drug-likeness (QED) is 0.335. The fourth-order valence-corrected chi connectivity index (χ4v) is 3.56. The maximum absolute atomic E-state index is 12.9. The summed E-state index contributed by atoms with van der Waals surface area (Å²) < 4.78 is 10.3. The van der Waals surface area contributed by atoms with Gasteiger partial charge in [0.1, 0.15) is 11.5 Å². The molecule has 7 nitrogen and oxygen atoms in total. The Hall–Kier alpha value is -3.19. The Balaban J connectivity index is 2.11. The number of carbonyl (C=O) groups excluding carboxylic acids is 2. The number of ether oxygens (including phenoxy) is 2. The predicted molar refractivity (Wildman–Crippen MR) is 107 cm³/mol. The van der Waals surface area contributed by atoms with Gasteiger partial charge in [-0.3, -0.25) is 14.6 Å². The number of Topliss-reactive ketones (excluding diaryl/α,β-unsaturated/α-hetero) is 1. The van der Waals surface area contributed by atoms with E-state index in [2.05, 4.69) is 4.98 Å². The van der Waals surface area contributed by atoms with Crippen LogP contribution < -0.4 is 4.74 Å². The van der Waals surface area contributed by atoms with Crippen LogP contribution in [-0.4, -0.2) is 54.1 Å². The average Bonchev–Trinajstić information content (AvgIpc) is 2.99. The van der Waals surface area contributed by atoms with Crippen molar-refractivity contribution in [1.82, 2.24) is 9.88 Å². The number of hydrogen-bond donors (Lipinski definition) is 1. The number of aliphatic hydroxyl groups excluding tert-OH is 1. The van der Waals surface area contributed by atoms with Gasteiger partial charge in [0.25, 0.3) is 11.7 Å². The van der Waals surface area contributed by atoms with Crippen LogP contribution in [0.5, 0.6) is 5.75 Å². The largest absolute Gasteiger partial charge is 0.507 e. The highest BCUT2D eigenvalue weighted by Gasteiger charge is 2.45. The van der Waals surface area contributed by atoms with Crippen LogP contribution in [0.2, 0.25) is 0 Å². The van der Waals surface area contributed by atoms with Crippen LogP contribution in [0.15, 0.2) is 48.3 Å². The molecular weight excluding hydrogens is 372 g/mol. The Morgan fingerprint density at radius 3 is 2.66 bits per heavy atom. The standard InChI is InChI=1S/C22H24N2O5/c1-14-12-15(7-8-17(14)29-3)20(25)18-19(16-6-4-9-23-13-16)24(10-5-11-28-2)22(27)21(18)26/h4,6-9,12-13,19,25H,5,10-11H2,1-3H3/t19-/m0/s1. The molecule has 3 rings (SSSR count). The van der Waals surface area contributed by atoms with E-state index < -0.39 is 17.7 Å². The van der Waals surface area contributed by atoms with E-state index >= 15 is 0 Å². The number of carbonyl (C=O) groups is 2. The third-order valence-electron chi connectivity index (χ3n) is 4.96. The number of pyridine rings is 1. The van der Waals surface area contributed by atoms with Crippen LogP contribution in [-0.2, 0) is 14.3 Å². The summed E-state index contributed by atoms with van der Waals surface area (Å²) >= 11 is 0. The summed E-state index contributed by atoms with van der Waals surface area (Å²) in [5.74, 6) is -0.883. The first-order valence-corrected chi connectivity index (χ1v) is 9.31. The van der Waals surface area contributed by atoms with Crippen LogP contribution in [0, 0.1) is 6.92 Å². The number of methoxy groups -OCH3 is 2. The lowest BCUT2D eigenvalue weighted by atomic mass is 9.95. The van der Waals surface area contributed by atoms with Crippen molar-refractivity contribution >= 4 is 17.4 Å². The summed E-state index contributed by atoms with van der Waals surface area (Å²) in [5, 5.41) is 11.0. The number of hydrogen-bond acceptors (Lipinski definition) is 6. The van der Waals surface area contributed by atoms with Crippen LogP contribution in [0.25, 0.3) is 5.76 Å². The van der Waals surface area contributed by atoms with Crippen molar-refractivity contribution in [3.05, 3.63) is 65.0 Å². The van der Waals surface area contributed by atoms with Gasteiger partial charge in [-0.05, 0) is 48.7 Å². The number of amides is 1. The highest BCUT2D eigenvalue weighted by Crippen LogP contribution is 2.39. The molecular formula is C22H24N2O5. The summed E-state index contributed by atoms with van der Waals surface area (Å²) in [4.78, 5) is 31.2. The van der Waals surface area contributed by atoms with Crippen molar-refractivity contribution in [2.24, 2.45) is 0 Å². The average molecular weight is 396 g/mol. The first kappa shape index (κ1) is 20.5. The Bertz CT molecular complexity index is 939. The van der Waals surface area contributed by atoms with Crippen molar-refractivity contribution in [1.29, 1.82) is 0 Å². The predicted octanol–water partition coefficient (Wildman–Crippen LogP) is 2.86. The van der Waals surface area contributed by atoms with Crippen LogP contribution in [0.3, 0.4) is 0 Å².